The highest BCUT2D eigenvalue weighted by Gasteiger charge is 2.04. The van der Waals surface area contributed by atoms with Gasteiger partial charge < -0.3 is 5.32 Å². The minimum Gasteiger partial charge on any atom is -0.373 e. The van der Waals surface area contributed by atoms with Gasteiger partial charge in [0.25, 0.3) is 0 Å². The lowest BCUT2D eigenvalue weighted by Crippen LogP contribution is -1.96. The van der Waals surface area contributed by atoms with E-state index in [1.165, 1.54) is 21.6 Å². The fraction of sp³-hybridized carbons (Fsp3) is 0.267. The molecule has 1 N–H and O–H groups in total. The molecule has 0 atom stereocenters. The zero-order valence-corrected chi connectivity index (χ0v) is 11.8. The summed E-state index contributed by atoms with van der Waals surface area (Å²) in [6.45, 7) is 4.29. The van der Waals surface area contributed by atoms with Gasteiger partial charge in [0, 0.05) is 29.5 Å². The first-order chi connectivity index (χ1) is 8.70. The molecule has 0 radical (unpaired) electrons. The van der Waals surface area contributed by atoms with Crippen molar-refractivity contribution in [2.45, 2.75) is 24.5 Å². The summed E-state index contributed by atoms with van der Waals surface area (Å²) in [5.74, 6) is 1.91. The van der Waals surface area contributed by atoms with Crippen molar-refractivity contribution >= 4 is 17.6 Å². The van der Waals surface area contributed by atoms with Crippen LogP contribution in [-0.4, -0.2) is 12.0 Å². The molecule has 1 aromatic heterocycles. The van der Waals surface area contributed by atoms with E-state index in [2.05, 4.69) is 48.4 Å². The van der Waals surface area contributed by atoms with Gasteiger partial charge in [-0.05, 0) is 31.5 Å². The van der Waals surface area contributed by atoms with Crippen molar-refractivity contribution in [1.82, 2.24) is 4.98 Å². The van der Waals surface area contributed by atoms with Gasteiger partial charge in [-0.2, -0.15) is 0 Å². The highest BCUT2D eigenvalue weighted by Crippen LogP contribution is 2.28. The molecule has 3 heteroatoms. The second-order valence-corrected chi connectivity index (χ2v) is 5.34. The van der Waals surface area contributed by atoms with Gasteiger partial charge in [0.05, 0.1) is 0 Å². The molecule has 0 aliphatic heterocycles. The van der Waals surface area contributed by atoms with E-state index in [0.29, 0.717) is 0 Å². The van der Waals surface area contributed by atoms with Crippen LogP contribution in [0, 0.1) is 13.8 Å². The number of pyridine rings is 1. The Kier molecular flexibility index (Phi) is 4.26. The molecule has 2 rings (SSSR count). The molecule has 94 valence electrons. The largest absolute Gasteiger partial charge is 0.373 e. The number of aryl methyl sites for hydroxylation is 2. The molecule has 0 fully saturated rings. The predicted octanol–water partition coefficient (Wildman–Crippen LogP) is 4.03. The number of benzene rings is 1. The molecule has 0 aliphatic rings. The summed E-state index contributed by atoms with van der Waals surface area (Å²) < 4.78 is 0. The average Bonchev–Trinajstić information content (AvgIpc) is 2.40. The third-order valence-corrected chi connectivity index (χ3v) is 4.06. The van der Waals surface area contributed by atoms with Gasteiger partial charge in [-0.25, -0.2) is 4.98 Å². The van der Waals surface area contributed by atoms with Gasteiger partial charge in [-0.1, -0.05) is 23.8 Å². The van der Waals surface area contributed by atoms with Gasteiger partial charge in [0.15, 0.2) is 0 Å². The molecule has 1 heterocycles. The molecule has 0 bridgehead atoms. The molecule has 2 aromatic rings. The van der Waals surface area contributed by atoms with Gasteiger partial charge in [-0.15, -0.1) is 11.8 Å². The molecule has 0 saturated carbocycles. The number of rotatable bonds is 4. The molecule has 0 aliphatic carbocycles. The summed E-state index contributed by atoms with van der Waals surface area (Å²) in [6.07, 6.45) is 1.82. The van der Waals surface area contributed by atoms with E-state index >= 15 is 0 Å². The average molecular weight is 258 g/mol. The SMILES string of the molecule is CNc1ncccc1CSc1cc(C)ccc1C. The van der Waals surface area contributed by atoms with Crippen molar-refractivity contribution in [1.29, 1.82) is 0 Å². The van der Waals surface area contributed by atoms with E-state index in [9.17, 15) is 0 Å². The maximum atomic E-state index is 4.32. The minimum atomic E-state index is 0.939. The van der Waals surface area contributed by atoms with E-state index in [1.807, 2.05) is 31.1 Å². The molecule has 0 saturated heterocycles. The lowest BCUT2D eigenvalue weighted by Gasteiger charge is -2.09. The lowest BCUT2D eigenvalue weighted by atomic mass is 10.2. The Morgan fingerprint density at radius 3 is 2.83 bits per heavy atom. The maximum absolute atomic E-state index is 4.32. The second kappa shape index (κ2) is 5.91. The minimum absolute atomic E-state index is 0.939. The second-order valence-electron chi connectivity index (χ2n) is 4.32. The number of thioether (sulfide) groups is 1. The fourth-order valence-corrected chi connectivity index (χ4v) is 2.91. The van der Waals surface area contributed by atoms with Crippen molar-refractivity contribution in [2.75, 3.05) is 12.4 Å². The van der Waals surface area contributed by atoms with Gasteiger partial charge >= 0.3 is 0 Å². The van der Waals surface area contributed by atoms with Crippen LogP contribution >= 0.6 is 11.8 Å². The number of nitrogens with zero attached hydrogens (tertiary/aromatic N) is 1. The van der Waals surface area contributed by atoms with Crippen LogP contribution in [0.4, 0.5) is 5.82 Å². The smallest absolute Gasteiger partial charge is 0.129 e. The van der Waals surface area contributed by atoms with Crippen molar-refractivity contribution in [3.63, 3.8) is 0 Å². The van der Waals surface area contributed by atoms with E-state index in [-0.39, 0.29) is 0 Å². The Morgan fingerprint density at radius 2 is 2.06 bits per heavy atom. The standard InChI is InChI=1S/C15H18N2S/c1-11-6-7-12(2)14(9-11)18-10-13-5-4-8-17-15(13)16-3/h4-9H,10H2,1-3H3,(H,16,17). The van der Waals surface area contributed by atoms with Crippen LogP contribution in [0.1, 0.15) is 16.7 Å². The Morgan fingerprint density at radius 1 is 1.22 bits per heavy atom. The zero-order valence-electron chi connectivity index (χ0n) is 11.0. The van der Waals surface area contributed by atoms with Gasteiger partial charge in [0.2, 0.25) is 0 Å². The molecule has 18 heavy (non-hydrogen) atoms. The first-order valence-electron chi connectivity index (χ1n) is 6.02. The monoisotopic (exact) mass is 258 g/mol. The van der Waals surface area contributed by atoms with Crippen molar-refractivity contribution in [3.05, 3.63) is 53.2 Å². The maximum Gasteiger partial charge on any atom is 0.129 e. The number of nitrogens with one attached hydrogen (secondary N) is 1. The number of anilines is 1. The highest BCUT2D eigenvalue weighted by atomic mass is 32.2. The van der Waals surface area contributed by atoms with E-state index in [0.717, 1.165) is 11.6 Å². The number of hydrogen-bond acceptors (Lipinski definition) is 3. The Labute approximate surface area is 113 Å². The molecular formula is C15H18N2S. The number of aromatic nitrogens is 1. The first kappa shape index (κ1) is 13.0. The van der Waals surface area contributed by atoms with Gasteiger partial charge in [-0.3, -0.25) is 0 Å². The molecule has 2 nitrogen and oxygen atoms in total. The third kappa shape index (κ3) is 3.05. The normalized spacial score (nSPS) is 10.4. The fourth-order valence-electron chi connectivity index (χ4n) is 1.80. The molecule has 0 unspecified atom stereocenters. The van der Waals surface area contributed by atoms with Crippen LogP contribution in [0.15, 0.2) is 41.4 Å². The van der Waals surface area contributed by atoms with Crippen LogP contribution in [0.3, 0.4) is 0 Å². The van der Waals surface area contributed by atoms with Gasteiger partial charge in [0.1, 0.15) is 5.82 Å². The van der Waals surface area contributed by atoms with Crippen LogP contribution in [-0.2, 0) is 5.75 Å². The first-order valence-corrected chi connectivity index (χ1v) is 7.01. The summed E-state index contributed by atoms with van der Waals surface area (Å²) in [4.78, 5) is 5.67. The third-order valence-electron chi connectivity index (χ3n) is 2.85. The molecule has 1 aromatic carbocycles. The predicted molar refractivity (Wildman–Crippen MR) is 79.3 cm³/mol. The zero-order chi connectivity index (χ0) is 13.0. The Bertz CT molecular complexity index is 538. The molecule has 0 spiro atoms. The molecule has 0 amide bonds. The van der Waals surface area contributed by atoms with Crippen molar-refractivity contribution in [2.24, 2.45) is 0 Å². The van der Waals surface area contributed by atoms with Crippen LogP contribution in [0.2, 0.25) is 0 Å². The van der Waals surface area contributed by atoms with E-state index in [1.54, 1.807) is 0 Å². The summed E-state index contributed by atoms with van der Waals surface area (Å²) in [6, 6.07) is 10.7. The molecular weight excluding hydrogens is 240 g/mol. The summed E-state index contributed by atoms with van der Waals surface area (Å²) in [5.41, 5.74) is 3.88. The van der Waals surface area contributed by atoms with E-state index in [4.69, 9.17) is 0 Å². The van der Waals surface area contributed by atoms with E-state index < -0.39 is 0 Å². The topological polar surface area (TPSA) is 24.9 Å². The quantitative estimate of drug-likeness (QED) is 0.838. The lowest BCUT2D eigenvalue weighted by molar-refractivity contribution is 1.21. The Balaban J connectivity index is 2.14. The van der Waals surface area contributed by atoms with Crippen LogP contribution in [0.5, 0.6) is 0 Å². The summed E-state index contributed by atoms with van der Waals surface area (Å²) in [5, 5.41) is 3.13. The summed E-state index contributed by atoms with van der Waals surface area (Å²) >= 11 is 1.86. The van der Waals surface area contributed by atoms with Crippen molar-refractivity contribution in [3.8, 4) is 0 Å². The summed E-state index contributed by atoms with van der Waals surface area (Å²) in [7, 11) is 1.91. The van der Waals surface area contributed by atoms with Crippen molar-refractivity contribution < 1.29 is 0 Å². The highest BCUT2D eigenvalue weighted by molar-refractivity contribution is 7.98. The van der Waals surface area contributed by atoms with Crippen LogP contribution in [0.25, 0.3) is 0 Å². The number of hydrogen-bond donors (Lipinski definition) is 1. The Hall–Kier alpha value is -1.48. The van der Waals surface area contributed by atoms with Crippen LogP contribution < -0.4 is 5.32 Å².